The van der Waals surface area contributed by atoms with Crippen LogP contribution in [-0.2, 0) is 4.79 Å². The Labute approximate surface area is 111 Å². The third-order valence-corrected chi connectivity index (χ3v) is 3.16. The summed E-state index contributed by atoms with van der Waals surface area (Å²) in [5.41, 5.74) is 7.47. The van der Waals surface area contributed by atoms with Gasteiger partial charge in [0.25, 0.3) is 0 Å². The summed E-state index contributed by atoms with van der Waals surface area (Å²) < 4.78 is 0.951. The van der Waals surface area contributed by atoms with Crippen LogP contribution in [0.3, 0.4) is 0 Å². The average molecular weight is 299 g/mol. The number of benzene rings is 1. The molecule has 0 bridgehead atoms. The molecule has 0 aliphatic rings. The molecule has 0 heterocycles. The number of anilines is 1. The number of nitrogens with one attached hydrogen (secondary N) is 1. The van der Waals surface area contributed by atoms with Gasteiger partial charge in [0.05, 0.1) is 0 Å². The van der Waals surface area contributed by atoms with E-state index in [1.54, 1.807) is 0 Å². The zero-order valence-corrected chi connectivity index (χ0v) is 12.0. The molecule has 0 aromatic heterocycles. The molecule has 0 saturated heterocycles. The van der Waals surface area contributed by atoms with Crippen LogP contribution in [0.2, 0.25) is 0 Å². The fourth-order valence-electron chi connectivity index (χ4n) is 1.64. The molecule has 1 atom stereocenters. The van der Waals surface area contributed by atoms with Gasteiger partial charge in [-0.05, 0) is 52.9 Å². The summed E-state index contributed by atoms with van der Waals surface area (Å²) in [6, 6.07) is 5.64. The number of amides is 1. The van der Waals surface area contributed by atoms with Crippen molar-refractivity contribution in [3.63, 3.8) is 0 Å². The third kappa shape index (κ3) is 4.38. The second-order valence-electron chi connectivity index (χ2n) is 4.71. The van der Waals surface area contributed by atoms with Crippen molar-refractivity contribution >= 4 is 27.5 Å². The highest BCUT2D eigenvalue weighted by Crippen LogP contribution is 2.25. The Hall–Kier alpha value is -1.03. The molecule has 3 nitrogen and oxygen atoms in total. The van der Waals surface area contributed by atoms with Gasteiger partial charge in [0, 0.05) is 10.2 Å². The average Bonchev–Trinajstić information content (AvgIpc) is 2.19. The maximum Gasteiger partial charge on any atom is 0.239 e. The van der Waals surface area contributed by atoms with Crippen molar-refractivity contribution in [2.75, 3.05) is 5.32 Å². The molecule has 4 heteroatoms. The largest absolute Gasteiger partial charge is 0.373 e. The Bertz CT molecular complexity index is 404. The lowest BCUT2D eigenvalue weighted by molar-refractivity contribution is -0.119. The third-order valence-electron chi connectivity index (χ3n) is 2.50. The molecular weight excluding hydrogens is 280 g/mol. The molecule has 17 heavy (non-hydrogen) atoms. The van der Waals surface area contributed by atoms with Crippen LogP contribution in [0.15, 0.2) is 22.7 Å². The van der Waals surface area contributed by atoms with Crippen LogP contribution in [0, 0.1) is 12.8 Å². The highest BCUT2D eigenvalue weighted by Gasteiger charge is 2.17. The van der Waals surface area contributed by atoms with E-state index in [1.165, 1.54) is 5.56 Å². The number of rotatable bonds is 5. The van der Waals surface area contributed by atoms with Crippen LogP contribution < -0.4 is 11.1 Å². The van der Waals surface area contributed by atoms with Crippen LogP contribution in [0.1, 0.15) is 25.8 Å². The quantitative estimate of drug-likeness (QED) is 0.878. The number of carbonyl (C=O) groups excluding carboxylic acids is 1. The molecule has 0 aliphatic carbocycles. The lowest BCUT2D eigenvalue weighted by Gasteiger charge is -2.19. The zero-order chi connectivity index (χ0) is 13.0. The number of halogens is 1. The topological polar surface area (TPSA) is 55.1 Å². The standard InChI is InChI=1S/C13H19BrN2O/c1-8(2)6-12(13(15)17)16-11-5-4-9(3)7-10(11)14/h4-5,7-8,12,16H,6H2,1-3H3,(H2,15,17)/t12-/m0/s1. The van der Waals surface area contributed by atoms with Crippen molar-refractivity contribution in [2.45, 2.75) is 33.2 Å². The minimum absolute atomic E-state index is 0.314. The number of nitrogens with two attached hydrogens (primary N) is 1. The van der Waals surface area contributed by atoms with Gasteiger partial charge in [0.1, 0.15) is 6.04 Å². The molecule has 0 aliphatic heterocycles. The zero-order valence-electron chi connectivity index (χ0n) is 10.5. The summed E-state index contributed by atoms with van der Waals surface area (Å²) in [6.45, 7) is 6.16. The first-order chi connectivity index (χ1) is 7.90. The molecular formula is C13H19BrN2O. The summed E-state index contributed by atoms with van der Waals surface area (Å²) in [6.07, 6.45) is 0.732. The summed E-state index contributed by atoms with van der Waals surface area (Å²) in [7, 11) is 0. The maximum absolute atomic E-state index is 11.4. The summed E-state index contributed by atoms with van der Waals surface area (Å²) in [5.74, 6) is 0.107. The van der Waals surface area contributed by atoms with Gasteiger partial charge in [0.2, 0.25) is 5.91 Å². The molecule has 0 unspecified atom stereocenters. The lowest BCUT2D eigenvalue weighted by Crippen LogP contribution is -2.36. The van der Waals surface area contributed by atoms with Crippen LogP contribution in [0.5, 0.6) is 0 Å². The summed E-state index contributed by atoms with van der Waals surface area (Å²) in [4.78, 5) is 11.4. The van der Waals surface area contributed by atoms with Crippen LogP contribution in [0.4, 0.5) is 5.69 Å². The van der Waals surface area contributed by atoms with E-state index in [1.807, 2.05) is 25.1 Å². The van der Waals surface area contributed by atoms with Gasteiger partial charge in [-0.25, -0.2) is 0 Å². The first-order valence-electron chi connectivity index (χ1n) is 5.72. The van der Waals surface area contributed by atoms with E-state index in [2.05, 4.69) is 35.1 Å². The van der Waals surface area contributed by atoms with Gasteiger partial charge < -0.3 is 11.1 Å². The molecule has 3 N–H and O–H groups in total. The Balaban J connectivity index is 2.82. The van der Waals surface area contributed by atoms with E-state index in [4.69, 9.17) is 5.73 Å². The molecule has 0 spiro atoms. The predicted molar refractivity (Wildman–Crippen MR) is 74.9 cm³/mol. The van der Waals surface area contributed by atoms with E-state index in [0.717, 1.165) is 16.6 Å². The molecule has 0 saturated carbocycles. The van der Waals surface area contributed by atoms with Crippen molar-refractivity contribution in [3.05, 3.63) is 28.2 Å². The number of hydrogen-bond acceptors (Lipinski definition) is 2. The van der Waals surface area contributed by atoms with Gasteiger partial charge in [-0.1, -0.05) is 19.9 Å². The second-order valence-corrected chi connectivity index (χ2v) is 5.57. The van der Waals surface area contributed by atoms with Crippen LogP contribution >= 0.6 is 15.9 Å². The molecule has 0 fully saturated rings. The molecule has 1 amide bonds. The minimum Gasteiger partial charge on any atom is -0.373 e. The van der Waals surface area contributed by atoms with Crippen molar-refractivity contribution in [1.29, 1.82) is 0 Å². The van der Waals surface area contributed by atoms with Gasteiger partial charge >= 0.3 is 0 Å². The Morgan fingerprint density at radius 2 is 2.12 bits per heavy atom. The lowest BCUT2D eigenvalue weighted by atomic mass is 10.0. The Morgan fingerprint density at radius 3 is 2.59 bits per heavy atom. The minimum atomic E-state index is -0.325. The van der Waals surface area contributed by atoms with E-state index >= 15 is 0 Å². The molecule has 1 aromatic carbocycles. The van der Waals surface area contributed by atoms with E-state index < -0.39 is 0 Å². The van der Waals surface area contributed by atoms with Gasteiger partial charge in [-0.15, -0.1) is 0 Å². The van der Waals surface area contributed by atoms with E-state index in [-0.39, 0.29) is 11.9 Å². The number of aryl methyl sites for hydroxylation is 1. The van der Waals surface area contributed by atoms with Crippen molar-refractivity contribution in [1.82, 2.24) is 0 Å². The Morgan fingerprint density at radius 1 is 1.47 bits per heavy atom. The van der Waals surface area contributed by atoms with Crippen molar-refractivity contribution in [3.8, 4) is 0 Å². The summed E-state index contributed by atoms with van der Waals surface area (Å²) in [5, 5.41) is 3.18. The van der Waals surface area contributed by atoms with Crippen molar-refractivity contribution in [2.24, 2.45) is 11.7 Å². The highest BCUT2D eigenvalue weighted by atomic mass is 79.9. The van der Waals surface area contributed by atoms with Gasteiger partial charge in [-0.3, -0.25) is 4.79 Å². The first-order valence-corrected chi connectivity index (χ1v) is 6.51. The fraction of sp³-hybridized carbons (Fsp3) is 0.462. The normalized spacial score (nSPS) is 12.5. The number of carbonyl (C=O) groups is 1. The Kier molecular flexibility index (Phi) is 5.00. The van der Waals surface area contributed by atoms with Crippen molar-refractivity contribution < 1.29 is 4.79 Å². The smallest absolute Gasteiger partial charge is 0.239 e. The molecule has 1 rings (SSSR count). The van der Waals surface area contributed by atoms with Gasteiger partial charge in [0.15, 0.2) is 0 Å². The highest BCUT2D eigenvalue weighted by molar-refractivity contribution is 9.10. The molecule has 0 radical (unpaired) electrons. The SMILES string of the molecule is Cc1ccc(N[C@@H](CC(C)C)C(N)=O)c(Br)c1. The first kappa shape index (κ1) is 14.0. The molecule has 94 valence electrons. The summed E-state index contributed by atoms with van der Waals surface area (Å²) >= 11 is 3.48. The fourth-order valence-corrected chi connectivity index (χ4v) is 2.25. The predicted octanol–water partition coefficient (Wildman–Crippen LogP) is 3.07. The van der Waals surface area contributed by atoms with E-state index in [0.29, 0.717) is 5.92 Å². The number of hydrogen-bond donors (Lipinski definition) is 2. The van der Waals surface area contributed by atoms with E-state index in [9.17, 15) is 4.79 Å². The van der Waals surface area contributed by atoms with Gasteiger partial charge in [-0.2, -0.15) is 0 Å². The van der Waals surface area contributed by atoms with Crippen LogP contribution in [-0.4, -0.2) is 11.9 Å². The van der Waals surface area contributed by atoms with Crippen LogP contribution in [0.25, 0.3) is 0 Å². The molecule has 1 aromatic rings. The monoisotopic (exact) mass is 298 g/mol. The maximum atomic E-state index is 11.4. The number of primary amides is 1. The second kappa shape index (κ2) is 6.05.